The van der Waals surface area contributed by atoms with E-state index >= 15 is 0 Å². The highest BCUT2D eigenvalue weighted by Crippen LogP contribution is 2.25. The van der Waals surface area contributed by atoms with Crippen LogP contribution in [0.4, 0.5) is 0 Å². The van der Waals surface area contributed by atoms with Gasteiger partial charge in [-0.25, -0.2) is 0 Å². The molecule has 1 fully saturated rings. The zero-order valence-corrected chi connectivity index (χ0v) is 15.7. The van der Waals surface area contributed by atoms with Gasteiger partial charge in [-0.1, -0.05) is 54.1 Å². The summed E-state index contributed by atoms with van der Waals surface area (Å²) in [6.45, 7) is 6.73. The Morgan fingerprint density at radius 2 is 1.92 bits per heavy atom. The molecule has 0 aliphatic carbocycles. The monoisotopic (exact) mass is 348 g/mol. The van der Waals surface area contributed by atoms with Crippen LogP contribution >= 0.6 is 0 Å². The number of aryl methyl sites for hydroxylation is 1. The second-order valence-corrected chi connectivity index (χ2v) is 7.84. The molecule has 136 valence electrons. The molecular weight excluding hydrogens is 320 g/mol. The molecule has 0 N–H and O–H groups in total. The van der Waals surface area contributed by atoms with E-state index < -0.39 is 0 Å². The Hall–Kier alpha value is -2.13. The fourth-order valence-electron chi connectivity index (χ4n) is 4.41. The zero-order chi connectivity index (χ0) is 17.9. The number of hydrogen-bond donors (Lipinski definition) is 0. The summed E-state index contributed by atoms with van der Waals surface area (Å²) < 4.78 is 0. The van der Waals surface area contributed by atoms with Crippen molar-refractivity contribution >= 4 is 5.91 Å². The number of likely N-dealkylation sites (tertiary alicyclic amines) is 1. The van der Waals surface area contributed by atoms with Crippen LogP contribution in [0.3, 0.4) is 0 Å². The van der Waals surface area contributed by atoms with Gasteiger partial charge in [0.15, 0.2) is 0 Å². The minimum atomic E-state index is 0.152. The van der Waals surface area contributed by atoms with Crippen LogP contribution in [0.5, 0.6) is 0 Å². The summed E-state index contributed by atoms with van der Waals surface area (Å²) in [5, 5.41) is 0. The van der Waals surface area contributed by atoms with Crippen molar-refractivity contribution in [2.45, 2.75) is 39.3 Å². The maximum atomic E-state index is 13.1. The van der Waals surface area contributed by atoms with Crippen LogP contribution in [0, 0.1) is 12.8 Å². The number of carbonyl (C=O) groups is 1. The predicted octanol–water partition coefficient (Wildman–Crippen LogP) is 3.79. The molecule has 1 amide bonds. The second kappa shape index (κ2) is 7.63. The largest absolute Gasteiger partial charge is 0.338 e. The maximum Gasteiger partial charge on any atom is 0.227 e. The molecule has 0 radical (unpaired) electrons. The van der Waals surface area contributed by atoms with Gasteiger partial charge in [-0.05, 0) is 49.4 Å². The van der Waals surface area contributed by atoms with Gasteiger partial charge in [0.05, 0.1) is 5.92 Å². The Kier molecular flexibility index (Phi) is 5.07. The fourth-order valence-corrected chi connectivity index (χ4v) is 4.41. The maximum absolute atomic E-state index is 13.1. The molecule has 0 aromatic heterocycles. The first kappa shape index (κ1) is 17.3. The number of carbonyl (C=O) groups excluding carboxylic acids is 1. The third-order valence-corrected chi connectivity index (χ3v) is 5.79. The smallest absolute Gasteiger partial charge is 0.227 e. The van der Waals surface area contributed by atoms with Gasteiger partial charge in [0.1, 0.15) is 0 Å². The van der Waals surface area contributed by atoms with Gasteiger partial charge >= 0.3 is 0 Å². The van der Waals surface area contributed by atoms with Gasteiger partial charge in [0.25, 0.3) is 0 Å². The fraction of sp³-hybridized carbons (Fsp3) is 0.435. The zero-order valence-electron chi connectivity index (χ0n) is 15.7. The van der Waals surface area contributed by atoms with Crippen molar-refractivity contribution in [2.24, 2.45) is 5.92 Å². The number of fused-ring (bicyclic) bond motifs is 1. The summed E-state index contributed by atoms with van der Waals surface area (Å²) in [4.78, 5) is 17.7. The van der Waals surface area contributed by atoms with Crippen LogP contribution in [0.15, 0.2) is 48.5 Å². The van der Waals surface area contributed by atoms with E-state index in [1.54, 1.807) is 0 Å². The molecule has 1 saturated heterocycles. The van der Waals surface area contributed by atoms with Gasteiger partial charge in [0.2, 0.25) is 5.91 Å². The quantitative estimate of drug-likeness (QED) is 0.842. The minimum absolute atomic E-state index is 0.152. The normalized spacial score (nSPS) is 20.7. The highest BCUT2D eigenvalue weighted by Gasteiger charge is 2.30. The average Bonchev–Trinajstić information content (AvgIpc) is 2.67. The number of rotatable bonds is 3. The molecule has 2 aliphatic heterocycles. The highest BCUT2D eigenvalue weighted by molar-refractivity contribution is 5.79. The molecule has 2 aromatic rings. The first-order valence-electron chi connectivity index (χ1n) is 9.82. The molecule has 2 aliphatic rings. The predicted molar refractivity (Wildman–Crippen MR) is 105 cm³/mol. The van der Waals surface area contributed by atoms with Crippen LogP contribution in [0.25, 0.3) is 0 Å². The highest BCUT2D eigenvalue weighted by atomic mass is 16.2. The summed E-state index contributed by atoms with van der Waals surface area (Å²) in [6, 6.07) is 17.3. The lowest BCUT2D eigenvalue weighted by atomic mass is 9.93. The number of piperidine rings is 1. The lowest BCUT2D eigenvalue weighted by Gasteiger charge is -2.36. The third kappa shape index (κ3) is 3.83. The summed E-state index contributed by atoms with van der Waals surface area (Å²) in [5.74, 6) is 0.507. The van der Waals surface area contributed by atoms with Gasteiger partial charge in [-0.3, -0.25) is 9.69 Å². The van der Waals surface area contributed by atoms with E-state index in [-0.39, 0.29) is 5.92 Å². The number of benzene rings is 2. The van der Waals surface area contributed by atoms with Crippen LogP contribution in [0.1, 0.15) is 35.1 Å². The summed E-state index contributed by atoms with van der Waals surface area (Å²) in [5.41, 5.74) is 5.38. The second-order valence-electron chi connectivity index (χ2n) is 7.84. The SMILES string of the molecule is Cc1cccc(CN2CCC[C@H](C(=O)N3CCc4ccccc4C3)C2)c1. The molecular formula is C23H28N2O. The molecule has 1 atom stereocenters. The Labute approximate surface area is 156 Å². The van der Waals surface area contributed by atoms with E-state index in [9.17, 15) is 4.79 Å². The van der Waals surface area contributed by atoms with Gasteiger partial charge in [-0.15, -0.1) is 0 Å². The van der Waals surface area contributed by atoms with Gasteiger partial charge in [-0.2, -0.15) is 0 Å². The topological polar surface area (TPSA) is 23.6 Å². The lowest BCUT2D eigenvalue weighted by molar-refractivity contribution is -0.138. The summed E-state index contributed by atoms with van der Waals surface area (Å²) in [6.07, 6.45) is 3.13. The summed E-state index contributed by atoms with van der Waals surface area (Å²) in [7, 11) is 0. The number of nitrogens with zero attached hydrogens (tertiary/aromatic N) is 2. The first-order chi connectivity index (χ1) is 12.7. The lowest BCUT2D eigenvalue weighted by Crippen LogP contribution is -2.46. The van der Waals surface area contributed by atoms with E-state index in [2.05, 4.69) is 65.3 Å². The van der Waals surface area contributed by atoms with E-state index in [1.807, 2.05) is 0 Å². The Morgan fingerprint density at radius 3 is 2.77 bits per heavy atom. The minimum Gasteiger partial charge on any atom is -0.338 e. The van der Waals surface area contributed by atoms with E-state index in [1.165, 1.54) is 22.3 Å². The average molecular weight is 348 g/mol. The van der Waals surface area contributed by atoms with Crippen LogP contribution in [0.2, 0.25) is 0 Å². The molecule has 0 unspecified atom stereocenters. The first-order valence-corrected chi connectivity index (χ1v) is 9.82. The van der Waals surface area contributed by atoms with Crippen molar-refractivity contribution in [3.05, 3.63) is 70.8 Å². The molecule has 2 aromatic carbocycles. The number of amides is 1. The molecule has 26 heavy (non-hydrogen) atoms. The molecule has 0 spiro atoms. The van der Waals surface area contributed by atoms with Crippen molar-refractivity contribution in [1.82, 2.24) is 9.80 Å². The van der Waals surface area contributed by atoms with Crippen molar-refractivity contribution in [3.8, 4) is 0 Å². The van der Waals surface area contributed by atoms with Crippen molar-refractivity contribution < 1.29 is 4.79 Å². The Bertz CT molecular complexity index is 785. The molecule has 2 heterocycles. The van der Waals surface area contributed by atoms with Crippen LogP contribution < -0.4 is 0 Å². The van der Waals surface area contributed by atoms with Gasteiger partial charge < -0.3 is 4.90 Å². The number of hydrogen-bond acceptors (Lipinski definition) is 2. The van der Waals surface area contributed by atoms with Crippen molar-refractivity contribution in [3.63, 3.8) is 0 Å². The van der Waals surface area contributed by atoms with E-state index in [0.29, 0.717) is 5.91 Å². The molecule has 3 heteroatoms. The van der Waals surface area contributed by atoms with Crippen molar-refractivity contribution in [1.29, 1.82) is 0 Å². The van der Waals surface area contributed by atoms with Crippen LogP contribution in [-0.4, -0.2) is 35.3 Å². The van der Waals surface area contributed by atoms with Gasteiger partial charge in [0, 0.05) is 26.2 Å². The Morgan fingerprint density at radius 1 is 1.08 bits per heavy atom. The third-order valence-electron chi connectivity index (χ3n) is 5.79. The van der Waals surface area contributed by atoms with E-state index in [0.717, 1.165) is 52.0 Å². The van der Waals surface area contributed by atoms with Crippen molar-refractivity contribution in [2.75, 3.05) is 19.6 Å². The molecule has 0 bridgehead atoms. The molecule has 3 nitrogen and oxygen atoms in total. The van der Waals surface area contributed by atoms with E-state index in [4.69, 9.17) is 0 Å². The molecule has 0 saturated carbocycles. The summed E-state index contributed by atoms with van der Waals surface area (Å²) >= 11 is 0. The van der Waals surface area contributed by atoms with Crippen LogP contribution in [-0.2, 0) is 24.3 Å². The Balaban J connectivity index is 1.39. The molecule has 4 rings (SSSR count). The standard InChI is InChI=1S/C23H28N2O/c1-18-6-4-7-19(14-18)15-24-12-5-10-22(16-24)23(26)25-13-11-20-8-2-3-9-21(20)17-25/h2-4,6-9,14,22H,5,10-13,15-17H2,1H3/t22-/m0/s1.